The SMILES string of the molecule is O=C1CCc2cc(OCC(=O)N3CCC[C@@H]4CCCC[C@H]43)ccc2N1. The Labute approximate surface area is 148 Å². The van der Waals surface area contributed by atoms with E-state index < -0.39 is 0 Å². The minimum Gasteiger partial charge on any atom is -0.484 e. The molecule has 25 heavy (non-hydrogen) atoms. The van der Waals surface area contributed by atoms with Gasteiger partial charge in [-0.25, -0.2) is 0 Å². The molecule has 2 fully saturated rings. The van der Waals surface area contributed by atoms with Gasteiger partial charge in [0.15, 0.2) is 6.61 Å². The first-order valence-corrected chi connectivity index (χ1v) is 9.56. The second kappa shape index (κ2) is 7.06. The Bertz CT molecular complexity index is 671. The Hall–Kier alpha value is -2.04. The Morgan fingerprint density at radius 2 is 2.00 bits per heavy atom. The molecule has 2 amide bonds. The summed E-state index contributed by atoms with van der Waals surface area (Å²) in [6.07, 6.45) is 8.58. The smallest absolute Gasteiger partial charge is 0.260 e. The molecular formula is C20H26N2O3. The van der Waals surface area contributed by atoms with Crippen molar-refractivity contribution in [2.24, 2.45) is 5.92 Å². The van der Waals surface area contributed by atoms with Gasteiger partial charge in [-0.2, -0.15) is 0 Å². The van der Waals surface area contributed by atoms with E-state index in [0.29, 0.717) is 24.1 Å². The van der Waals surface area contributed by atoms with Crippen molar-refractivity contribution >= 4 is 17.5 Å². The molecule has 0 spiro atoms. The Morgan fingerprint density at radius 1 is 1.16 bits per heavy atom. The summed E-state index contributed by atoms with van der Waals surface area (Å²) >= 11 is 0. The maximum atomic E-state index is 12.7. The van der Waals surface area contributed by atoms with Crippen LogP contribution < -0.4 is 10.1 Å². The van der Waals surface area contributed by atoms with Crippen LogP contribution in [0.2, 0.25) is 0 Å². The van der Waals surface area contributed by atoms with Gasteiger partial charge < -0.3 is 15.0 Å². The van der Waals surface area contributed by atoms with Gasteiger partial charge in [0.25, 0.3) is 5.91 Å². The molecule has 1 aromatic carbocycles. The fourth-order valence-corrected chi connectivity index (χ4v) is 4.61. The van der Waals surface area contributed by atoms with Crippen LogP contribution >= 0.6 is 0 Å². The molecule has 1 aliphatic carbocycles. The van der Waals surface area contributed by atoms with Gasteiger partial charge in [0, 0.05) is 24.7 Å². The molecule has 5 nitrogen and oxygen atoms in total. The van der Waals surface area contributed by atoms with Crippen molar-refractivity contribution < 1.29 is 14.3 Å². The molecule has 1 N–H and O–H groups in total. The minimum absolute atomic E-state index is 0.0588. The van der Waals surface area contributed by atoms with E-state index in [9.17, 15) is 9.59 Å². The number of hydrogen-bond donors (Lipinski definition) is 1. The molecule has 1 saturated carbocycles. The molecule has 1 saturated heterocycles. The predicted octanol–water partition coefficient (Wildman–Crippen LogP) is 3.13. The van der Waals surface area contributed by atoms with Crippen LogP contribution in [-0.4, -0.2) is 35.9 Å². The molecule has 5 heteroatoms. The van der Waals surface area contributed by atoms with Crippen LogP contribution in [0.3, 0.4) is 0 Å². The standard InChI is InChI=1S/C20H26N2O3/c23-19-10-7-15-12-16(8-9-17(15)21-19)25-13-20(24)22-11-3-5-14-4-1-2-6-18(14)22/h8-9,12,14,18H,1-7,10-11,13H2,(H,21,23)/t14-,18+/m0/s1. The molecule has 2 atom stereocenters. The highest BCUT2D eigenvalue weighted by Gasteiger charge is 2.35. The zero-order valence-electron chi connectivity index (χ0n) is 14.6. The van der Waals surface area contributed by atoms with E-state index in [1.54, 1.807) is 0 Å². The quantitative estimate of drug-likeness (QED) is 0.918. The lowest BCUT2D eigenvalue weighted by molar-refractivity contribution is -0.139. The number of ether oxygens (including phenoxy) is 1. The van der Waals surface area contributed by atoms with E-state index in [1.807, 2.05) is 18.2 Å². The van der Waals surface area contributed by atoms with Crippen LogP contribution in [0.4, 0.5) is 5.69 Å². The molecular weight excluding hydrogens is 316 g/mol. The normalized spacial score (nSPS) is 25.6. The zero-order chi connectivity index (χ0) is 17.2. The number of likely N-dealkylation sites (tertiary alicyclic amines) is 1. The topological polar surface area (TPSA) is 58.6 Å². The summed E-state index contributed by atoms with van der Waals surface area (Å²) in [4.78, 5) is 26.2. The summed E-state index contributed by atoms with van der Waals surface area (Å²) in [5.41, 5.74) is 1.94. The number of fused-ring (bicyclic) bond motifs is 2. The number of piperidine rings is 1. The molecule has 0 bridgehead atoms. The van der Waals surface area contributed by atoms with Gasteiger partial charge in [0.1, 0.15) is 5.75 Å². The molecule has 0 unspecified atom stereocenters. The van der Waals surface area contributed by atoms with Crippen molar-refractivity contribution in [2.75, 3.05) is 18.5 Å². The average Bonchev–Trinajstić information content (AvgIpc) is 2.65. The van der Waals surface area contributed by atoms with Crippen LogP contribution in [0.5, 0.6) is 5.75 Å². The van der Waals surface area contributed by atoms with E-state index in [-0.39, 0.29) is 18.4 Å². The van der Waals surface area contributed by atoms with Crippen LogP contribution in [0.15, 0.2) is 18.2 Å². The lowest BCUT2D eigenvalue weighted by Crippen LogP contribution is -2.51. The van der Waals surface area contributed by atoms with E-state index >= 15 is 0 Å². The summed E-state index contributed by atoms with van der Waals surface area (Å²) in [7, 11) is 0. The number of aryl methyl sites for hydroxylation is 1. The van der Waals surface area contributed by atoms with Gasteiger partial charge in [-0.1, -0.05) is 12.8 Å². The number of anilines is 1. The maximum absolute atomic E-state index is 12.7. The van der Waals surface area contributed by atoms with Gasteiger partial charge in [0.05, 0.1) is 0 Å². The number of benzene rings is 1. The summed E-state index contributed by atoms with van der Waals surface area (Å²) in [5.74, 6) is 1.57. The molecule has 2 aliphatic heterocycles. The predicted molar refractivity (Wildman–Crippen MR) is 95.6 cm³/mol. The molecule has 134 valence electrons. The Balaban J connectivity index is 1.37. The third kappa shape index (κ3) is 3.51. The Morgan fingerprint density at radius 3 is 2.92 bits per heavy atom. The minimum atomic E-state index is 0.0588. The lowest BCUT2D eigenvalue weighted by Gasteiger charge is -2.44. The van der Waals surface area contributed by atoms with Crippen LogP contribution in [0.25, 0.3) is 0 Å². The Kier molecular flexibility index (Phi) is 4.64. The van der Waals surface area contributed by atoms with Crippen molar-refractivity contribution in [3.63, 3.8) is 0 Å². The molecule has 3 aliphatic rings. The highest BCUT2D eigenvalue weighted by Crippen LogP contribution is 2.35. The number of carbonyl (C=O) groups is 2. The lowest BCUT2D eigenvalue weighted by atomic mass is 9.78. The largest absolute Gasteiger partial charge is 0.484 e. The van der Waals surface area contributed by atoms with Gasteiger partial charge >= 0.3 is 0 Å². The first-order valence-electron chi connectivity index (χ1n) is 9.56. The highest BCUT2D eigenvalue weighted by atomic mass is 16.5. The second-order valence-electron chi connectivity index (χ2n) is 7.50. The number of rotatable bonds is 3. The summed E-state index contributed by atoms with van der Waals surface area (Å²) in [5, 5.41) is 2.87. The van der Waals surface area contributed by atoms with Gasteiger partial charge in [-0.15, -0.1) is 0 Å². The van der Waals surface area contributed by atoms with Crippen molar-refractivity contribution in [1.29, 1.82) is 0 Å². The average molecular weight is 342 g/mol. The molecule has 4 rings (SSSR count). The van der Waals surface area contributed by atoms with E-state index in [1.165, 1.54) is 25.7 Å². The summed E-state index contributed by atoms with van der Waals surface area (Å²) in [6.45, 7) is 0.980. The third-order valence-corrected chi connectivity index (χ3v) is 5.90. The van der Waals surface area contributed by atoms with Gasteiger partial charge in [-0.3, -0.25) is 9.59 Å². The van der Waals surface area contributed by atoms with Crippen LogP contribution in [0.1, 0.15) is 50.5 Å². The van der Waals surface area contributed by atoms with E-state index in [0.717, 1.165) is 37.1 Å². The van der Waals surface area contributed by atoms with Gasteiger partial charge in [0.2, 0.25) is 5.91 Å². The monoisotopic (exact) mass is 342 g/mol. The van der Waals surface area contributed by atoms with Crippen molar-refractivity contribution in [3.8, 4) is 5.75 Å². The fourth-order valence-electron chi connectivity index (χ4n) is 4.61. The molecule has 2 heterocycles. The number of amides is 2. The van der Waals surface area contributed by atoms with Crippen molar-refractivity contribution in [2.45, 2.75) is 57.4 Å². The summed E-state index contributed by atoms with van der Waals surface area (Å²) < 4.78 is 5.79. The van der Waals surface area contributed by atoms with Gasteiger partial charge in [-0.05, 0) is 61.8 Å². The van der Waals surface area contributed by atoms with Crippen LogP contribution in [-0.2, 0) is 16.0 Å². The summed E-state index contributed by atoms with van der Waals surface area (Å²) in [6, 6.07) is 6.07. The zero-order valence-corrected chi connectivity index (χ0v) is 14.6. The van der Waals surface area contributed by atoms with Crippen molar-refractivity contribution in [3.05, 3.63) is 23.8 Å². The maximum Gasteiger partial charge on any atom is 0.260 e. The van der Waals surface area contributed by atoms with Crippen LogP contribution in [0, 0.1) is 5.92 Å². The first-order chi connectivity index (χ1) is 12.2. The van der Waals surface area contributed by atoms with E-state index in [4.69, 9.17) is 4.74 Å². The first kappa shape index (κ1) is 16.4. The molecule has 0 radical (unpaired) electrons. The molecule has 0 aromatic heterocycles. The molecule has 1 aromatic rings. The number of nitrogens with zero attached hydrogens (tertiary/aromatic N) is 1. The van der Waals surface area contributed by atoms with Crippen molar-refractivity contribution in [1.82, 2.24) is 4.90 Å². The third-order valence-electron chi connectivity index (χ3n) is 5.90. The second-order valence-corrected chi connectivity index (χ2v) is 7.50. The highest BCUT2D eigenvalue weighted by molar-refractivity contribution is 5.94. The number of nitrogens with one attached hydrogen (secondary N) is 1. The number of carbonyl (C=O) groups excluding carboxylic acids is 2. The van der Waals surface area contributed by atoms with E-state index in [2.05, 4.69) is 10.2 Å². The fraction of sp³-hybridized carbons (Fsp3) is 0.600. The number of hydrogen-bond acceptors (Lipinski definition) is 3.